The van der Waals surface area contributed by atoms with Gasteiger partial charge in [0.25, 0.3) is 10.0 Å². The minimum absolute atomic E-state index is 0.00302. The van der Waals surface area contributed by atoms with Crippen LogP contribution < -0.4 is 4.72 Å². The van der Waals surface area contributed by atoms with Crippen molar-refractivity contribution >= 4 is 27.3 Å². The Bertz CT molecular complexity index is 798. The van der Waals surface area contributed by atoms with Crippen LogP contribution in [0.5, 0.6) is 0 Å². The minimum atomic E-state index is -3.81. The molecule has 0 amide bonds. The van der Waals surface area contributed by atoms with E-state index in [0.717, 1.165) is 0 Å². The molecule has 0 saturated carbocycles. The van der Waals surface area contributed by atoms with Crippen molar-refractivity contribution in [2.45, 2.75) is 11.8 Å². The molecule has 1 heterocycles. The third kappa shape index (κ3) is 2.90. The number of pyridine rings is 1. The van der Waals surface area contributed by atoms with E-state index < -0.39 is 10.0 Å². The summed E-state index contributed by atoms with van der Waals surface area (Å²) in [7, 11) is -3.81. The number of nitrogens with one attached hydrogen (secondary N) is 1. The van der Waals surface area contributed by atoms with Gasteiger partial charge in [-0.2, -0.15) is 5.26 Å². The average Bonchev–Trinajstić information content (AvgIpc) is 2.40. The van der Waals surface area contributed by atoms with Gasteiger partial charge in [-0.15, -0.1) is 0 Å². The summed E-state index contributed by atoms with van der Waals surface area (Å²) in [5.41, 5.74) is 1.43. The predicted octanol–water partition coefficient (Wildman–Crippen LogP) is 2.72. The van der Waals surface area contributed by atoms with Crippen molar-refractivity contribution in [2.75, 3.05) is 4.72 Å². The van der Waals surface area contributed by atoms with Gasteiger partial charge in [-0.3, -0.25) is 9.71 Å². The van der Waals surface area contributed by atoms with E-state index in [0.29, 0.717) is 16.8 Å². The fourth-order valence-electron chi connectivity index (χ4n) is 1.58. The lowest BCUT2D eigenvalue weighted by atomic mass is 10.2. The Balaban J connectivity index is 2.42. The molecule has 1 N–H and O–H groups in total. The molecule has 0 unspecified atom stereocenters. The third-order valence-electron chi connectivity index (χ3n) is 2.62. The van der Waals surface area contributed by atoms with Gasteiger partial charge in [0, 0.05) is 12.4 Å². The molecular formula is C13H10ClN3O2S. The Hall–Kier alpha value is -2.10. The summed E-state index contributed by atoms with van der Waals surface area (Å²) in [5.74, 6) is 0. The summed E-state index contributed by atoms with van der Waals surface area (Å²) in [5, 5.41) is 8.75. The first-order valence-electron chi connectivity index (χ1n) is 5.57. The van der Waals surface area contributed by atoms with Crippen molar-refractivity contribution < 1.29 is 8.42 Å². The van der Waals surface area contributed by atoms with Crippen molar-refractivity contribution in [1.82, 2.24) is 4.98 Å². The average molecular weight is 308 g/mol. The molecule has 0 aliphatic heterocycles. The maximum absolute atomic E-state index is 12.3. The molecule has 0 radical (unpaired) electrons. The molecule has 0 saturated heterocycles. The SMILES string of the molecule is Cc1cnccc1NS(=O)(=O)c1ccc(C#N)cc1Cl. The molecule has 2 aromatic rings. The van der Waals surface area contributed by atoms with Crippen molar-refractivity contribution in [3.8, 4) is 6.07 Å². The molecule has 0 atom stereocenters. The standard InChI is InChI=1S/C13H10ClN3O2S/c1-9-8-16-5-4-12(9)17-20(18,19)13-3-2-10(7-15)6-11(13)14/h2-6,8H,1H3,(H,16,17). The van der Waals surface area contributed by atoms with Crippen LogP contribution >= 0.6 is 11.6 Å². The highest BCUT2D eigenvalue weighted by molar-refractivity contribution is 7.92. The lowest BCUT2D eigenvalue weighted by Gasteiger charge is -2.11. The predicted molar refractivity (Wildman–Crippen MR) is 75.9 cm³/mol. The molecule has 5 nitrogen and oxygen atoms in total. The van der Waals surface area contributed by atoms with E-state index in [1.165, 1.54) is 24.4 Å². The van der Waals surface area contributed by atoms with Crippen LogP contribution in [0.4, 0.5) is 5.69 Å². The highest BCUT2D eigenvalue weighted by Crippen LogP contribution is 2.25. The zero-order valence-electron chi connectivity index (χ0n) is 10.5. The van der Waals surface area contributed by atoms with Crippen molar-refractivity contribution in [1.29, 1.82) is 5.26 Å². The van der Waals surface area contributed by atoms with Gasteiger partial charge in [-0.05, 0) is 36.8 Å². The summed E-state index contributed by atoms with van der Waals surface area (Å²) >= 11 is 5.92. The molecule has 2 rings (SSSR count). The number of aryl methyl sites for hydroxylation is 1. The number of benzene rings is 1. The largest absolute Gasteiger partial charge is 0.279 e. The highest BCUT2D eigenvalue weighted by atomic mass is 35.5. The molecule has 0 spiro atoms. The second-order valence-electron chi connectivity index (χ2n) is 4.05. The second-order valence-corrected chi connectivity index (χ2v) is 6.11. The van der Waals surface area contributed by atoms with Crippen LogP contribution in [0.15, 0.2) is 41.6 Å². The van der Waals surface area contributed by atoms with Crippen molar-refractivity contribution in [2.24, 2.45) is 0 Å². The first kappa shape index (κ1) is 14.3. The van der Waals surface area contributed by atoms with E-state index in [2.05, 4.69) is 9.71 Å². The van der Waals surface area contributed by atoms with Gasteiger partial charge in [0.15, 0.2) is 0 Å². The van der Waals surface area contributed by atoms with Gasteiger partial charge in [0.2, 0.25) is 0 Å². The number of anilines is 1. The van der Waals surface area contributed by atoms with Crippen LogP contribution in [0.25, 0.3) is 0 Å². The molecule has 0 bridgehead atoms. The normalized spacial score (nSPS) is 10.8. The van der Waals surface area contributed by atoms with E-state index in [-0.39, 0.29) is 9.92 Å². The second kappa shape index (κ2) is 5.49. The van der Waals surface area contributed by atoms with Crippen LogP contribution in [0.3, 0.4) is 0 Å². The van der Waals surface area contributed by atoms with E-state index in [9.17, 15) is 8.42 Å². The molecule has 20 heavy (non-hydrogen) atoms. The Morgan fingerprint density at radius 2 is 2.10 bits per heavy atom. The summed E-state index contributed by atoms with van der Waals surface area (Å²) in [6.45, 7) is 1.74. The lowest BCUT2D eigenvalue weighted by Crippen LogP contribution is -2.14. The molecule has 0 fully saturated rings. The van der Waals surface area contributed by atoms with E-state index >= 15 is 0 Å². The number of hydrogen-bond acceptors (Lipinski definition) is 4. The van der Waals surface area contributed by atoms with E-state index in [1.807, 2.05) is 6.07 Å². The maximum atomic E-state index is 12.3. The monoisotopic (exact) mass is 307 g/mol. The minimum Gasteiger partial charge on any atom is -0.279 e. The van der Waals surface area contributed by atoms with Crippen LogP contribution in [-0.4, -0.2) is 13.4 Å². The first-order valence-corrected chi connectivity index (χ1v) is 7.43. The molecule has 0 aliphatic carbocycles. The van der Waals surface area contributed by atoms with Crippen LogP contribution in [0.2, 0.25) is 5.02 Å². The van der Waals surface area contributed by atoms with E-state index in [1.54, 1.807) is 19.2 Å². The summed E-state index contributed by atoms with van der Waals surface area (Å²) in [6, 6.07) is 7.48. The first-order chi connectivity index (χ1) is 9.44. The number of halogens is 1. The molecule has 1 aromatic carbocycles. The Morgan fingerprint density at radius 3 is 2.70 bits per heavy atom. The molecule has 0 aliphatic rings. The van der Waals surface area contributed by atoms with Gasteiger partial charge >= 0.3 is 0 Å². The van der Waals surface area contributed by atoms with Gasteiger partial charge in [-0.25, -0.2) is 8.42 Å². The summed E-state index contributed by atoms with van der Waals surface area (Å²) < 4.78 is 27.0. The van der Waals surface area contributed by atoms with E-state index in [4.69, 9.17) is 16.9 Å². The molecule has 1 aromatic heterocycles. The summed E-state index contributed by atoms with van der Waals surface area (Å²) in [6.07, 6.45) is 3.05. The molecule has 7 heteroatoms. The Labute approximate surface area is 121 Å². The van der Waals surface area contributed by atoms with Gasteiger partial charge in [0.05, 0.1) is 22.3 Å². The van der Waals surface area contributed by atoms with Crippen molar-refractivity contribution in [3.05, 3.63) is 52.8 Å². The lowest BCUT2D eigenvalue weighted by molar-refractivity contribution is 0.601. The summed E-state index contributed by atoms with van der Waals surface area (Å²) in [4.78, 5) is 3.82. The maximum Gasteiger partial charge on any atom is 0.263 e. The highest BCUT2D eigenvalue weighted by Gasteiger charge is 2.19. The number of sulfonamides is 1. The van der Waals surface area contributed by atoms with Gasteiger partial charge in [0.1, 0.15) is 4.90 Å². The number of nitriles is 1. The van der Waals surface area contributed by atoms with Crippen LogP contribution in [0, 0.1) is 18.3 Å². The quantitative estimate of drug-likeness (QED) is 0.945. The van der Waals surface area contributed by atoms with Crippen LogP contribution in [-0.2, 0) is 10.0 Å². The Morgan fingerprint density at radius 1 is 1.35 bits per heavy atom. The number of rotatable bonds is 3. The van der Waals surface area contributed by atoms with Crippen molar-refractivity contribution in [3.63, 3.8) is 0 Å². The number of nitrogens with zero attached hydrogens (tertiary/aromatic N) is 2. The fourth-order valence-corrected chi connectivity index (χ4v) is 3.25. The molecular weight excluding hydrogens is 298 g/mol. The number of hydrogen-bond donors (Lipinski definition) is 1. The fraction of sp³-hybridized carbons (Fsp3) is 0.0769. The third-order valence-corrected chi connectivity index (χ3v) is 4.46. The van der Waals surface area contributed by atoms with Crippen LogP contribution in [0.1, 0.15) is 11.1 Å². The topological polar surface area (TPSA) is 82.8 Å². The Kier molecular flexibility index (Phi) is 3.93. The zero-order chi connectivity index (χ0) is 14.8. The zero-order valence-corrected chi connectivity index (χ0v) is 12.0. The number of aromatic nitrogens is 1. The van der Waals surface area contributed by atoms with Gasteiger partial charge in [-0.1, -0.05) is 11.6 Å². The van der Waals surface area contributed by atoms with Gasteiger partial charge < -0.3 is 0 Å². The molecule has 102 valence electrons. The smallest absolute Gasteiger partial charge is 0.263 e.